The smallest absolute Gasteiger partial charge is 0.223 e. The van der Waals surface area contributed by atoms with E-state index >= 15 is 0 Å². The van der Waals surface area contributed by atoms with Crippen LogP contribution in [-0.4, -0.2) is 44.0 Å². The molecule has 1 N–H and O–H groups in total. The van der Waals surface area contributed by atoms with E-state index in [-0.39, 0.29) is 35.5 Å². The standard InChI is InChI=1S/C23H28ClFN2O3S2/c1-17-5-2-3-6-19(17)15-31-14-11-26-23(28)18-9-12-27(13-10-18)32(29,30)16-20-21(24)7-4-8-22(20)25/h2-8,18H,9-16H2,1H3,(H,26,28). The highest BCUT2D eigenvalue weighted by Gasteiger charge is 2.32. The van der Waals surface area contributed by atoms with Crippen molar-refractivity contribution in [1.29, 1.82) is 0 Å². The number of carbonyl (C=O) groups is 1. The molecule has 0 radical (unpaired) electrons. The third-order valence-electron chi connectivity index (χ3n) is 5.67. The summed E-state index contributed by atoms with van der Waals surface area (Å²) >= 11 is 7.75. The molecule has 1 fully saturated rings. The summed E-state index contributed by atoms with van der Waals surface area (Å²) in [7, 11) is -3.71. The lowest BCUT2D eigenvalue weighted by Gasteiger charge is -2.30. The van der Waals surface area contributed by atoms with Crippen LogP contribution in [0.2, 0.25) is 5.02 Å². The summed E-state index contributed by atoms with van der Waals surface area (Å²) in [5.41, 5.74) is 2.55. The number of hydrogen-bond donors (Lipinski definition) is 1. The SMILES string of the molecule is Cc1ccccc1CSCCNC(=O)C1CCN(S(=O)(=O)Cc2c(F)cccc2Cl)CC1. The van der Waals surface area contributed by atoms with Gasteiger partial charge in [-0.15, -0.1) is 0 Å². The summed E-state index contributed by atoms with van der Waals surface area (Å²) in [6.45, 7) is 3.16. The maximum absolute atomic E-state index is 14.0. The van der Waals surface area contributed by atoms with Crippen molar-refractivity contribution in [3.63, 3.8) is 0 Å². The van der Waals surface area contributed by atoms with Crippen LogP contribution < -0.4 is 5.32 Å². The van der Waals surface area contributed by atoms with Crippen molar-refractivity contribution in [2.45, 2.75) is 31.3 Å². The fourth-order valence-corrected chi connectivity index (χ4v) is 6.54. The van der Waals surface area contributed by atoms with E-state index < -0.39 is 21.6 Å². The summed E-state index contributed by atoms with van der Waals surface area (Å²) in [5, 5.41) is 3.07. The van der Waals surface area contributed by atoms with Gasteiger partial charge in [0.1, 0.15) is 5.82 Å². The van der Waals surface area contributed by atoms with Crippen LogP contribution in [0.4, 0.5) is 4.39 Å². The number of thioether (sulfide) groups is 1. The summed E-state index contributed by atoms with van der Waals surface area (Å²) in [6.07, 6.45) is 0.902. The summed E-state index contributed by atoms with van der Waals surface area (Å²) in [6, 6.07) is 12.4. The Morgan fingerprint density at radius 3 is 2.59 bits per heavy atom. The second kappa shape index (κ2) is 11.5. The van der Waals surface area contributed by atoms with Crippen LogP contribution >= 0.6 is 23.4 Å². The molecule has 1 aliphatic heterocycles. The van der Waals surface area contributed by atoms with Gasteiger partial charge in [-0.3, -0.25) is 4.79 Å². The molecular formula is C23H28ClFN2O3S2. The maximum atomic E-state index is 14.0. The zero-order chi connectivity index (χ0) is 23.1. The molecule has 0 atom stereocenters. The molecule has 0 aliphatic carbocycles. The molecule has 0 spiro atoms. The molecule has 0 saturated carbocycles. The van der Waals surface area contributed by atoms with Gasteiger partial charge in [0.15, 0.2) is 0 Å². The van der Waals surface area contributed by atoms with Crippen LogP contribution in [0, 0.1) is 18.7 Å². The van der Waals surface area contributed by atoms with Gasteiger partial charge in [0.25, 0.3) is 0 Å². The Morgan fingerprint density at radius 2 is 1.91 bits per heavy atom. The molecule has 1 aliphatic rings. The Bertz CT molecular complexity index is 1020. The van der Waals surface area contributed by atoms with Crippen LogP contribution in [0.3, 0.4) is 0 Å². The topological polar surface area (TPSA) is 66.5 Å². The molecule has 5 nitrogen and oxygen atoms in total. The van der Waals surface area contributed by atoms with E-state index in [9.17, 15) is 17.6 Å². The van der Waals surface area contributed by atoms with Crippen LogP contribution in [0.25, 0.3) is 0 Å². The van der Waals surface area contributed by atoms with Crippen molar-refractivity contribution in [3.8, 4) is 0 Å². The molecule has 2 aromatic carbocycles. The first-order valence-corrected chi connectivity index (χ1v) is 13.7. The molecule has 174 valence electrons. The van der Waals surface area contributed by atoms with Crippen molar-refractivity contribution < 1.29 is 17.6 Å². The maximum Gasteiger partial charge on any atom is 0.223 e. The highest BCUT2D eigenvalue weighted by molar-refractivity contribution is 7.98. The zero-order valence-electron chi connectivity index (χ0n) is 18.0. The van der Waals surface area contributed by atoms with Gasteiger partial charge in [-0.25, -0.2) is 17.1 Å². The summed E-state index contributed by atoms with van der Waals surface area (Å²) in [4.78, 5) is 12.5. The monoisotopic (exact) mass is 498 g/mol. The third kappa shape index (κ3) is 6.70. The van der Waals surface area contributed by atoms with Crippen LogP contribution in [-0.2, 0) is 26.3 Å². The van der Waals surface area contributed by atoms with Crippen LogP contribution in [0.1, 0.15) is 29.5 Å². The van der Waals surface area contributed by atoms with Gasteiger partial charge in [0.2, 0.25) is 15.9 Å². The van der Waals surface area contributed by atoms with E-state index in [1.807, 2.05) is 12.1 Å². The van der Waals surface area contributed by atoms with Gasteiger partial charge < -0.3 is 5.32 Å². The van der Waals surface area contributed by atoms with E-state index in [0.717, 1.165) is 11.5 Å². The predicted octanol–water partition coefficient (Wildman–Crippen LogP) is 4.38. The predicted molar refractivity (Wildman–Crippen MR) is 129 cm³/mol. The first kappa shape index (κ1) is 25.0. The number of benzene rings is 2. The van der Waals surface area contributed by atoms with Gasteiger partial charge >= 0.3 is 0 Å². The normalized spacial score (nSPS) is 15.6. The summed E-state index contributed by atoms with van der Waals surface area (Å²) < 4.78 is 40.8. The largest absolute Gasteiger partial charge is 0.355 e. The first-order chi connectivity index (χ1) is 15.3. The van der Waals surface area contributed by atoms with E-state index in [1.54, 1.807) is 11.8 Å². The minimum absolute atomic E-state index is 0.0165. The lowest BCUT2D eigenvalue weighted by atomic mass is 9.97. The van der Waals surface area contributed by atoms with Gasteiger partial charge in [-0.2, -0.15) is 11.8 Å². The molecular weight excluding hydrogens is 471 g/mol. The molecule has 3 rings (SSSR count). The fraction of sp³-hybridized carbons (Fsp3) is 0.435. The number of piperidine rings is 1. The van der Waals surface area contributed by atoms with Crippen molar-refractivity contribution in [1.82, 2.24) is 9.62 Å². The molecule has 2 aromatic rings. The average molecular weight is 499 g/mol. The second-order valence-electron chi connectivity index (χ2n) is 7.90. The van der Waals surface area contributed by atoms with Crippen LogP contribution in [0.15, 0.2) is 42.5 Å². The molecule has 9 heteroatoms. The minimum atomic E-state index is -3.71. The molecule has 1 amide bonds. The minimum Gasteiger partial charge on any atom is -0.355 e. The van der Waals surface area contributed by atoms with Crippen LogP contribution in [0.5, 0.6) is 0 Å². The number of sulfonamides is 1. The van der Waals surface area contributed by atoms with Gasteiger partial charge in [-0.05, 0) is 43.0 Å². The van der Waals surface area contributed by atoms with Crippen molar-refractivity contribution in [2.75, 3.05) is 25.4 Å². The second-order valence-corrected chi connectivity index (χ2v) is 11.4. The average Bonchev–Trinajstić information content (AvgIpc) is 2.77. The van der Waals surface area contributed by atoms with Gasteiger partial charge in [-0.1, -0.05) is 41.9 Å². The molecule has 0 aromatic heterocycles. The molecule has 0 unspecified atom stereocenters. The van der Waals surface area contributed by atoms with E-state index in [1.165, 1.54) is 33.6 Å². The van der Waals surface area contributed by atoms with Crippen molar-refractivity contribution >= 4 is 39.3 Å². The molecule has 32 heavy (non-hydrogen) atoms. The van der Waals surface area contributed by atoms with E-state index in [2.05, 4.69) is 24.4 Å². The quantitative estimate of drug-likeness (QED) is 0.521. The van der Waals surface area contributed by atoms with E-state index in [0.29, 0.717) is 19.4 Å². The Hall–Kier alpha value is -1.61. The Labute approximate surface area is 198 Å². The number of carbonyl (C=O) groups excluding carboxylic acids is 1. The molecule has 1 saturated heterocycles. The Kier molecular flexibility index (Phi) is 8.99. The highest BCUT2D eigenvalue weighted by atomic mass is 35.5. The molecule has 0 bridgehead atoms. The molecule has 1 heterocycles. The number of nitrogens with zero attached hydrogens (tertiary/aromatic N) is 1. The van der Waals surface area contributed by atoms with Gasteiger partial charge in [0, 0.05) is 47.6 Å². The highest BCUT2D eigenvalue weighted by Crippen LogP contribution is 2.26. The first-order valence-electron chi connectivity index (χ1n) is 10.6. The Morgan fingerprint density at radius 1 is 1.19 bits per heavy atom. The lowest BCUT2D eigenvalue weighted by Crippen LogP contribution is -2.43. The number of hydrogen-bond acceptors (Lipinski definition) is 4. The number of rotatable bonds is 9. The number of halogens is 2. The Balaban J connectivity index is 1.41. The lowest BCUT2D eigenvalue weighted by molar-refractivity contribution is -0.125. The number of nitrogens with one attached hydrogen (secondary N) is 1. The third-order valence-corrected chi connectivity index (χ3v) is 8.84. The van der Waals surface area contributed by atoms with E-state index in [4.69, 9.17) is 11.6 Å². The zero-order valence-corrected chi connectivity index (χ0v) is 20.4. The number of amides is 1. The van der Waals surface area contributed by atoms with Crippen molar-refractivity contribution in [2.24, 2.45) is 5.92 Å². The van der Waals surface area contributed by atoms with Gasteiger partial charge in [0.05, 0.1) is 5.75 Å². The fourth-order valence-electron chi connectivity index (χ4n) is 3.68. The number of aryl methyl sites for hydroxylation is 1. The summed E-state index contributed by atoms with van der Waals surface area (Å²) in [5.74, 6) is 0.376. The van der Waals surface area contributed by atoms with Crippen molar-refractivity contribution in [3.05, 3.63) is 70.0 Å².